The Morgan fingerprint density at radius 3 is 2.81 bits per heavy atom. The van der Waals surface area contributed by atoms with Gasteiger partial charge in [0.25, 0.3) is 5.89 Å². The summed E-state index contributed by atoms with van der Waals surface area (Å²) in [5.74, 6) is 2.03. The second-order valence-electron chi connectivity index (χ2n) is 7.24. The summed E-state index contributed by atoms with van der Waals surface area (Å²) in [6.07, 6.45) is 4.81. The van der Waals surface area contributed by atoms with E-state index in [9.17, 15) is 0 Å². The highest BCUT2D eigenvalue weighted by molar-refractivity contribution is 6.33. The van der Waals surface area contributed by atoms with Crippen molar-refractivity contribution >= 4 is 17.3 Å². The van der Waals surface area contributed by atoms with Gasteiger partial charge in [-0.25, -0.2) is 0 Å². The third-order valence-electron chi connectivity index (χ3n) is 5.43. The van der Waals surface area contributed by atoms with Gasteiger partial charge in [0.2, 0.25) is 0 Å². The number of benzene rings is 1. The van der Waals surface area contributed by atoms with Gasteiger partial charge in [-0.3, -0.25) is 0 Å². The third kappa shape index (κ3) is 4.05. The zero-order chi connectivity index (χ0) is 18.8. The molecule has 8 heteroatoms. The number of hydrogen-bond acceptors (Lipinski definition) is 7. The van der Waals surface area contributed by atoms with Crippen LogP contribution in [0.5, 0.6) is 5.75 Å². The number of nitrogen functional groups attached to an aromatic ring is 1. The minimum atomic E-state index is 0.304. The third-order valence-corrected chi connectivity index (χ3v) is 5.76. The minimum absolute atomic E-state index is 0.304. The summed E-state index contributed by atoms with van der Waals surface area (Å²) >= 11 is 6.15. The summed E-state index contributed by atoms with van der Waals surface area (Å²) in [7, 11) is 1.58. The molecule has 2 saturated heterocycles. The Morgan fingerprint density at radius 1 is 1.30 bits per heavy atom. The molecule has 0 amide bonds. The van der Waals surface area contributed by atoms with Crippen molar-refractivity contribution in [3.8, 4) is 17.2 Å². The van der Waals surface area contributed by atoms with Gasteiger partial charge in [0.15, 0.2) is 5.82 Å². The maximum atomic E-state index is 6.15. The Bertz CT molecular complexity index is 783. The number of nitrogens with two attached hydrogens (primary N) is 1. The molecule has 146 valence electrons. The van der Waals surface area contributed by atoms with E-state index in [1.807, 2.05) is 0 Å². The molecular formula is C19H25ClN4O3. The molecule has 1 aromatic carbocycles. The lowest BCUT2D eigenvalue weighted by atomic mass is 9.96. The van der Waals surface area contributed by atoms with E-state index in [4.69, 9.17) is 31.3 Å². The fraction of sp³-hybridized carbons (Fsp3) is 0.579. The van der Waals surface area contributed by atoms with Crippen LogP contribution in [0.1, 0.15) is 37.4 Å². The monoisotopic (exact) mass is 392 g/mol. The molecule has 0 spiro atoms. The van der Waals surface area contributed by atoms with Crippen LogP contribution < -0.4 is 10.5 Å². The molecule has 1 unspecified atom stereocenters. The molecule has 2 aliphatic heterocycles. The van der Waals surface area contributed by atoms with Crippen LogP contribution in [0, 0.1) is 0 Å². The second kappa shape index (κ2) is 8.04. The number of halogens is 1. The maximum Gasteiger partial charge on any atom is 0.261 e. The molecule has 0 aliphatic carbocycles. The largest absolute Gasteiger partial charge is 0.496 e. The highest BCUT2D eigenvalue weighted by Crippen LogP contribution is 2.36. The van der Waals surface area contributed by atoms with Crippen molar-refractivity contribution in [3.05, 3.63) is 23.0 Å². The van der Waals surface area contributed by atoms with Gasteiger partial charge in [0.1, 0.15) is 5.75 Å². The smallest absolute Gasteiger partial charge is 0.261 e. The van der Waals surface area contributed by atoms with Crippen molar-refractivity contribution in [1.29, 1.82) is 0 Å². The predicted octanol–water partition coefficient (Wildman–Crippen LogP) is 3.34. The Hall–Kier alpha value is -1.83. The average Bonchev–Trinajstić information content (AvgIpc) is 3.36. The standard InChI is InChI=1S/C19H25ClN4O3/c1-25-17-10-16(21)15(20)9-14(17)19-22-18(23-27-19)12-4-6-24(7-5-12)11-13-3-2-8-26-13/h9-10,12-13H,2-8,11,21H2,1H3. The topological polar surface area (TPSA) is 86.6 Å². The predicted molar refractivity (Wildman–Crippen MR) is 103 cm³/mol. The molecule has 0 radical (unpaired) electrons. The highest BCUT2D eigenvalue weighted by atomic mass is 35.5. The van der Waals surface area contributed by atoms with E-state index in [1.165, 1.54) is 12.8 Å². The normalized spacial score (nSPS) is 21.6. The number of likely N-dealkylation sites (tertiary alicyclic amines) is 1. The van der Waals surface area contributed by atoms with Crippen molar-refractivity contribution < 1.29 is 14.0 Å². The van der Waals surface area contributed by atoms with E-state index in [0.29, 0.717) is 39.9 Å². The van der Waals surface area contributed by atoms with Crippen LogP contribution in [0.4, 0.5) is 5.69 Å². The molecular weight excluding hydrogens is 368 g/mol. The zero-order valence-corrected chi connectivity index (χ0v) is 16.2. The van der Waals surface area contributed by atoms with Gasteiger partial charge in [-0.15, -0.1) is 0 Å². The molecule has 1 aromatic heterocycles. The van der Waals surface area contributed by atoms with Gasteiger partial charge in [-0.05, 0) is 44.8 Å². The van der Waals surface area contributed by atoms with E-state index in [2.05, 4.69) is 15.0 Å². The van der Waals surface area contributed by atoms with Crippen LogP contribution in [-0.4, -0.2) is 54.5 Å². The van der Waals surface area contributed by atoms with Crippen LogP contribution in [-0.2, 0) is 4.74 Å². The Balaban J connectivity index is 1.42. The van der Waals surface area contributed by atoms with Crippen LogP contribution in [0.15, 0.2) is 16.7 Å². The van der Waals surface area contributed by atoms with Gasteiger partial charge in [0.05, 0.1) is 29.5 Å². The Kier molecular flexibility index (Phi) is 5.52. The summed E-state index contributed by atoms with van der Waals surface area (Å²) in [4.78, 5) is 7.09. The lowest BCUT2D eigenvalue weighted by Crippen LogP contribution is -2.38. The van der Waals surface area contributed by atoms with Crippen molar-refractivity contribution in [2.45, 2.75) is 37.7 Å². The van der Waals surface area contributed by atoms with Crippen molar-refractivity contribution in [1.82, 2.24) is 15.0 Å². The molecule has 2 aliphatic rings. The number of piperidine rings is 1. The Morgan fingerprint density at radius 2 is 2.11 bits per heavy atom. The van der Waals surface area contributed by atoms with Crippen molar-refractivity contribution in [3.63, 3.8) is 0 Å². The van der Waals surface area contributed by atoms with Crippen LogP contribution >= 0.6 is 11.6 Å². The Labute approximate surface area is 163 Å². The molecule has 7 nitrogen and oxygen atoms in total. The van der Waals surface area contributed by atoms with Gasteiger partial charge in [-0.2, -0.15) is 4.98 Å². The number of methoxy groups -OCH3 is 1. The number of anilines is 1. The van der Waals surface area contributed by atoms with Gasteiger partial charge in [0, 0.05) is 25.1 Å². The fourth-order valence-electron chi connectivity index (χ4n) is 3.87. The summed E-state index contributed by atoms with van der Waals surface area (Å²) in [5.41, 5.74) is 6.96. The van der Waals surface area contributed by atoms with Gasteiger partial charge in [-0.1, -0.05) is 16.8 Å². The number of aromatic nitrogens is 2. The quantitative estimate of drug-likeness (QED) is 0.781. The molecule has 0 bridgehead atoms. The number of ether oxygens (including phenoxy) is 2. The van der Waals surface area contributed by atoms with Gasteiger partial charge >= 0.3 is 0 Å². The van der Waals surface area contributed by atoms with E-state index < -0.39 is 0 Å². The first-order chi connectivity index (χ1) is 13.1. The highest BCUT2D eigenvalue weighted by Gasteiger charge is 2.28. The molecule has 2 fully saturated rings. The lowest BCUT2D eigenvalue weighted by Gasteiger charge is -2.31. The molecule has 4 rings (SSSR count). The van der Waals surface area contributed by atoms with E-state index >= 15 is 0 Å². The summed E-state index contributed by atoms with van der Waals surface area (Å²) in [6.45, 7) is 4.01. The minimum Gasteiger partial charge on any atom is -0.496 e. The summed E-state index contributed by atoms with van der Waals surface area (Å²) < 4.78 is 16.6. The van der Waals surface area contributed by atoms with Crippen LogP contribution in [0.2, 0.25) is 5.02 Å². The first kappa shape index (κ1) is 18.5. The average molecular weight is 393 g/mol. The molecule has 0 saturated carbocycles. The van der Waals surface area contributed by atoms with Gasteiger partial charge < -0.3 is 24.6 Å². The van der Waals surface area contributed by atoms with Crippen molar-refractivity contribution in [2.24, 2.45) is 0 Å². The fourth-order valence-corrected chi connectivity index (χ4v) is 4.03. The number of rotatable bonds is 5. The second-order valence-corrected chi connectivity index (χ2v) is 7.65. The molecule has 1 atom stereocenters. The van der Waals surface area contributed by atoms with E-state index in [1.54, 1.807) is 19.2 Å². The molecule has 2 aromatic rings. The number of hydrogen-bond donors (Lipinski definition) is 1. The molecule has 27 heavy (non-hydrogen) atoms. The number of nitrogens with zero attached hydrogens (tertiary/aromatic N) is 3. The van der Waals surface area contributed by atoms with Crippen molar-refractivity contribution in [2.75, 3.05) is 39.1 Å². The summed E-state index contributed by atoms with van der Waals surface area (Å²) in [5, 5.41) is 4.65. The van der Waals surface area contributed by atoms with E-state index in [-0.39, 0.29) is 0 Å². The molecule has 3 heterocycles. The first-order valence-electron chi connectivity index (χ1n) is 9.45. The zero-order valence-electron chi connectivity index (χ0n) is 15.5. The SMILES string of the molecule is COc1cc(N)c(Cl)cc1-c1nc(C2CCN(CC3CCCO3)CC2)no1. The maximum absolute atomic E-state index is 6.15. The lowest BCUT2D eigenvalue weighted by molar-refractivity contribution is 0.0639. The first-order valence-corrected chi connectivity index (χ1v) is 9.82. The van der Waals surface area contributed by atoms with E-state index in [0.717, 1.165) is 44.9 Å². The molecule has 2 N–H and O–H groups in total. The van der Waals surface area contributed by atoms with Crippen LogP contribution in [0.3, 0.4) is 0 Å². The van der Waals surface area contributed by atoms with Crippen LogP contribution in [0.25, 0.3) is 11.5 Å². The summed E-state index contributed by atoms with van der Waals surface area (Å²) in [6, 6.07) is 3.38.